The first-order valence-electron chi connectivity index (χ1n) is 7.63. The minimum absolute atomic E-state index is 0.341. The van der Waals surface area contributed by atoms with Gasteiger partial charge in [0.1, 0.15) is 5.75 Å². The maximum Gasteiger partial charge on any atom is 0.117 e. The first kappa shape index (κ1) is 13.8. The molecule has 0 spiro atoms. The summed E-state index contributed by atoms with van der Waals surface area (Å²) in [5.41, 5.74) is 2.42. The van der Waals surface area contributed by atoms with Gasteiger partial charge in [0.05, 0.1) is 0 Å². The zero-order chi connectivity index (χ0) is 14.7. The first-order valence-corrected chi connectivity index (χ1v) is 7.63. The van der Waals surface area contributed by atoms with Crippen LogP contribution >= 0.6 is 0 Å². The molecule has 0 aromatic heterocycles. The summed E-state index contributed by atoms with van der Waals surface area (Å²) in [6.07, 6.45) is 1.10. The summed E-state index contributed by atoms with van der Waals surface area (Å²) in [7, 11) is 0. The van der Waals surface area contributed by atoms with Crippen LogP contribution in [0.25, 0.3) is 0 Å². The lowest BCUT2D eigenvalue weighted by Gasteiger charge is -2.43. The molecular weight excluding hydrogens is 260 g/mol. The molecule has 1 saturated heterocycles. The second kappa shape index (κ2) is 6.08. The van der Waals surface area contributed by atoms with Gasteiger partial charge in [-0.25, -0.2) is 0 Å². The van der Waals surface area contributed by atoms with Crippen LogP contribution in [0, 0.1) is 0 Å². The average molecular weight is 282 g/mol. The van der Waals surface area contributed by atoms with Crippen LogP contribution in [0.2, 0.25) is 0 Å². The lowest BCUT2D eigenvalue weighted by atomic mass is 10.1. The van der Waals surface area contributed by atoms with Gasteiger partial charge in [-0.2, -0.15) is 0 Å². The summed E-state index contributed by atoms with van der Waals surface area (Å²) in [6, 6.07) is 18.7. The molecule has 0 bridgehead atoms. The molecule has 3 heteroatoms. The third kappa shape index (κ3) is 2.97. The molecule has 1 N–H and O–H groups in total. The Labute approximate surface area is 126 Å². The number of hydrogen-bond donors (Lipinski definition) is 1. The fourth-order valence-electron chi connectivity index (χ4n) is 3.09. The number of anilines is 2. The number of rotatable bonds is 3. The monoisotopic (exact) mass is 282 g/mol. The summed E-state index contributed by atoms with van der Waals surface area (Å²) in [6.45, 7) is 5.25. The Morgan fingerprint density at radius 2 is 1.76 bits per heavy atom. The largest absolute Gasteiger partial charge is 0.508 e. The Balaban J connectivity index is 1.78. The summed E-state index contributed by atoms with van der Waals surface area (Å²) in [5, 5.41) is 9.70. The number of hydrogen-bond acceptors (Lipinski definition) is 3. The van der Waals surface area contributed by atoms with Crippen molar-refractivity contribution in [2.24, 2.45) is 0 Å². The first-order chi connectivity index (χ1) is 10.3. The van der Waals surface area contributed by atoms with Gasteiger partial charge in [0.25, 0.3) is 0 Å². The van der Waals surface area contributed by atoms with Gasteiger partial charge in [0.15, 0.2) is 0 Å². The number of phenolic OH excluding ortho intramolecular Hbond substituents is 1. The summed E-state index contributed by atoms with van der Waals surface area (Å²) in [4.78, 5) is 4.87. The molecule has 2 aromatic carbocycles. The SMILES string of the molecule is CCC1CN(c2ccccc2)CCN1c1cccc(O)c1. The van der Waals surface area contributed by atoms with Crippen LogP contribution in [-0.2, 0) is 0 Å². The summed E-state index contributed by atoms with van der Waals surface area (Å²) < 4.78 is 0. The molecule has 0 amide bonds. The quantitative estimate of drug-likeness (QED) is 0.933. The molecule has 21 heavy (non-hydrogen) atoms. The molecule has 0 radical (unpaired) electrons. The minimum Gasteiger partial charge on any atom is -0.508 e. The normalized spacial score (nSPS) is 18.8. The third-order valence-electron chi connectivity index (χ3n) is 4.24. The van der Waals surface area contributed by atoms with Crippen molar-refractivity contribution in [3.8, 4) is 5.75 Å². The average Bonchev–Trinajstić information content (AvgIpc) is 2.55. The number of benzene rings is 2. The standard InChI is InChI=1S/C18H22N2O/c1-2-15-14-19(16-7-4-3-5-8-16)11-12-20(15)17-9-6-10-18(21)13-17/h3-10,13,15,21H,2,11-12,14H2,1H3. The molecular formula is C18H22N2O. The molecule has 1 fully saturated rings. The van der Waals surface area contributed by atoms with Gasteiger partial charge in [-0.15, -0.1) is 0 Å². The highest BCUT2D eigenvalue weighted by Crippen LogP contribution is 2.27. The van der Waals surface area contributed by atoms with Crippen molar-refractivity contribution in [1.82, 2.24) is 0 Å². The third-order valence-corrected chi connectivity index (χ3v) is 4.24. The fourth-order valence-corrected chi connectivity index (χ4v) is 3.09. The van der Waals surface area contributed by atoms with Crippen molar-refractivity contribution in [1.29, 1.82) is 0 Å². The zero-order valence-corrected chi connectivity index (χ0v) is 12.4. The van der Waals surface area contributed by atoms with Crippen molar-refractivity contribution in [2.75, 3.05) is 29.4 Å². The molecule has 1 unspecified atom stereocenters. The molecule has 1 atom stereocenters. The van der Waals surface area contributed by atoms with E-state index in [4.69, 9.17) is 0 Å². The van der Waals surface area contributed by atoms with Crippen LogP contribution in [0.3, 0.4) is 0 Å². The molecule has 1 heterocycles. The van der Waals surface area contributed by atoms with E-state index < -0.39 is 0 Å². The number of piperazine rings is 1. The predicted molar refractivity (Wildman–Crippen MR) is 88.2 cm³/mol. The van der Waals surface area contributed by atoms with Gasteiger partial charge in [0, 0.05) is 43.1 Å². The highest BCUT2D eigenvalue weighted by Gasteiger charge is 2.26. The Morgan fingerprint density at radius 1 is 1.00 bits per heavy atom. The fraction of sp³-hybridized carbons (Fsp3) is 0.333. The van der Waals surface area contributed by atoms with Gasteiger partial charge >= 0.3 is 0 Å². The lowest BCUT2D eigenvalue weighted by Crippen LogP contribution is -2.53. The molecule has 0 saturated carbocycles. The Morgan fingerprint density at radius 3 is 2.48 bits per heavy atom. The number of para-hydroxylation sites is 1. The molecule has 1 aliphatic heterocycles. The Bertz CT molecular complexity index is 585. The lowest BCUT2D eigenvalue weighted by molar-refractivity contribution is 0.472. The van der Waals surface area contributed by atoms with E-state index in [1.165, 1.54) is 5.69 Å². The highest BCUT2D eigenvalue weighted by molar-refractivity contribution is 5.54. The Kier molecular flexibility index (Phi) is 4.00. The van der Waals surface area contributed by atoms with Crippen LogP contribution in [0.4, 0.5) is 11.4 Å². The van der Waals surface area contributed by atoms with Crippen molar-refractivity contribution < 1.29 is 5.11 Å². The predicted octanol–water partition coefficient (Wildman–Crippen LogP) is 3.50. The second-order valence-electron chi connectivity index (χ2n) is 5.56. The minimum atomic E-state index is 0.341. The van der Waals surface area contributed by atoms with Crippen molar-refractivity contribution in [3.63, 3.8) is 0 Å². The van der Waals surface area contributed by atoms with Crippen LogP contribution in [0.15, 0.2) is 54.6 Å². The van der Waals surface area contributed by atoms with E-state index in [9.17, 15) is 5.11 Å². The van der Waals surface area contributed by atoms with Gasteiger partial charge in [-0.05, 0) is 30.7 Å². The number of aromatic hydroxyl groups is 1. The van der Waals surface area contributed by atoms with E-state index in [0.29, 0.717) is 11.8 Å². The molecule has 0 aliphatic carbocycles. The van der Waals surface area contributed by atoms with Crippen molar-refractivity contribution in [2.45, 2.75) is 19.4 Å². The van der Waals surface area contributed by atoms with Gasteiger partial charge in [-0.3, -0.25) is 0 Å². The smallest absolute Gasteiger partial charge is 0.117 e. The van der Waals surface area contributed by atoms with Crippen molar-refractivity contribution in [3.05, 3.63) is 54.6 Å². The topological polar surface area (TPSA) is 26.7 Å². The highest BCUT2D eigenvalue weighted by atomic mass is 16.3. The van der Waals surface area contributed by atoms with E-state index in [1.807, 2.05) is 12.1 Å². The zero-order valence-electron chi connectivity index (χ0n) is 12.4. The van der Waals surface area contributed by atoms with E-state index in [1.54, 1.807) is 6.07 Å². The van der Waals surface area contributed by atoms with E-state index in [2.05, 4.69) is 53.1 Å². The van der Waals surface area contributed by atoms with E-state index >= 15 is 0 Å². The second-order valence-corrected chi connectivity index (χ2v) is 5.56. The molecule has 1 aliphatic rings. The van der Waals surface area contributed by atoms with Gasteiger partial charge < -0.3 is 14.9 Å². The van der Waals surface area contributed by atoms with Gasteiger partial charge in [0.2, 0.25) is 0 Å². The maximum atomic E-state index is 9.70. The molecule has 3 rings (SSSR count). The van der Waals surface area contributed by atoms with Gasteiger partial charge in [-0.1, -0.05) is 31.2 Å². The van der Waals surface area contributed by atoms with Crippen LogP contribution < -0.4 is 9.80 Å². The van der Waals surface area contributed by atoms with Crippen molar-refractivity contribution >= 4 is 11.4 Å². The van der Waals surface area contributed by atoms with Crippen LogP contribution in [0.1, 0.15) is 13.3 Å². The molecule has 110 valence electrons. The number of nitrogens with zero attached hydrogens (tertiary/aromatic N) is 2. The summed E-state index contributed by atoms with van der Waals surface area (Å²) in [5.74, 6) is 0.341. The molecule has 2 aromatic rings. The van der Waals surface area contributed by atoms with E-state index in [0.717, 1.165) is 31.7 Å². The molecule has 3 nitrogen and oxygen atoms in total. The van der Waals surface area contributed by atoms with E-state index in [-0.39, 0.29) is 0 Å². The Hall–Kier alpha value is -2.16. The van der Waals surface area contributed by atoms with Crippen LogP contribution in [-0.4, -0.2) is 30.8 Å². The summed E-state index contributed by atoms with van der Waals surface area (Å²) >= 11 is 0. The maximum absolute atomic E-state index is 9.70. The number of phenols is 1. The van der Waals surface area contributed by atoms with Crippen LogP contribution in [0.5, 0.6) is 5.75 Å².